The third kappa shape index (κ3) is 3.61. The number of unbranched alkanes of at least 4 members (excludes halogenated alkanes) is 1. The van der Waals surface area contributed by atoms with Gasteiger partial charge in [-0.2, -0.15) is 0 Å². The topological polar surface area (TPSA) is 12.0 Å². The summed E-state index contributed by atoms with van der Waals surface area (Å²) in [4.78, 5) is 0. The summed E-state index contributed by atoms with van der Waals surface area (Å²) >= 11 is 0. The first-order valence-corrected chi connectivity index (χ1v) is 6.33. The van der Waals surface area contributed by atoms with Gasteiger partial charge in [-0.15, -0.1) is 0 Å². The van der Waals surface area contributed by atoms with Crippen LogP contribution in [0.25, 0.3) is 0 Å². The van der Waals surface area contributed by atoms with Crippen LogP contribution in [0.2, 0.25) is 0 Å². The largest absolute Gasteiger partial charge is 0.313 e. The van der Waals surface area contributed by atoms with Crippen molar-refractivity contribution in [3.8, 4) is 0 Å². The third-order valence-corrected chi connectivity index (χ3v) is 3.71. The van der Waals surface area contributed by atoms with Crippen LogP contribution in [0, 0.1) is 11.3 Å². The fraction of sp³-hybridized carbons (Fsp3) is 1.00. The molecule has 2 atom stereocenters. The lowest BCUT2D eigenvalue weighted by molar-refractivity contribution is 0.404. The summed E-state index contributed by atoms with van der Waals surface area (Å²) < 4.78 is 0. The molecule has 0 aromatic heterocycles. The highest BCUT2D eigenvalue weighted by atomic mass is 15.0. The Bertz CT molecular complexity index is 163. The molecule has 1 nitrogen and oxygen atoms in total. The lowest BCUT2D eigenvalue weighted by Gasteiger charge is -2.16. The summed E-state index contributed by atoms with van der Waals surface area (Å²) in [6.07, 6.45) is 6.85. The molecule has 0 heterocycles. The molecular formula is C13H27N. The van der Waals surface area contributed by atoms with Crippen molar-refractivity contribution in [2.24, 2.45) is 11.3 Å². The molecule has 0 aromatic carbocycles. The molecule has 2 unspecified atom stereocenters. The average molecular weight is 197 g/mol. The van der Waals surface area contributed by atoms with Gasteiger partial charge in [0.15, 0.2) is 0 Å². The zero-order valence-electron chi connectivity index (χ0n) is 10.4. The van der Waals surface area contributed by atoms with Crippen molar-refractivity contribution in [3.05, 3.63) is 0 Å². The van der Waals surface area contributed by atoms with Gasteiger partial charge in [-0.3, -0.25) is 0 Å². The predicted octanol–water partition coefficient (Wildman–Crippen LogP) is 3.59. The van der Waals surface area contributed by atoms with Gasteiger partial charge in [-0.25, -0.2) is 0 Å². The molecule has 1 rings (SSSR count). The molecule has 0 radical (unpaired) electrons. The SMILES string of the molecule is CCCCC(CC)CNC1CC1(C)C. The second kappa shape index (κ2) is 5.16. The summed E-state index contributed by atoms with van der Waals surface area (Å²) in [5.74, 6) is 0.909. The van der Waals surface area contributed by atoms with E-state index >= 15 is 0 Å². The van der Waals surface area contributed by atoms with Gasteiger partial charge in [0, 0.05) is 6.04 Å². The Morgan fingerprint density at radius 1 is 1.36 bits per heavy atom. The maximum atomic E-state index is 3.71. The Labute approximate surface area is 89.7 Å². The van der Waals surface area contributed by atoms with Gasteiger partial charge in [0.25, 0.3) is 0 Å². The van der Waals surface area contributed by atoms with Gasteiger partial charge in [-0.05, 0) is 30.7 Å². The molecule has 84 valence electrons. The van der Waals surface area contributed by atoms with Crippen LogP contribution in [0.4, 0.5) is 0 Å². The molecule has 1 aliphatic carbocycles. The van der Waals surface area contributed by atoms with E-state index in [1.807, 2.05) is 0 Å². The minimum atomic E-state index is 0.586. The van der Waals surface area contributed by atoms with Crippen LogP contribution in [0.15, 0.2) is 0 Å². The van der Waals surface area contributed by atoms with Crippen molar-refractivity contribution < 1.29 is 0 Å². The fourth-order valence-electron chi connectivity index (χ4n) is 2.07. The lowest BCUT2D eigenvalue weighted by Crippen LogP contribution is -2.27. The highest BCUT2D eigenvalue weighted by molar-refractivity contribution is 5.01. The number of hydrogen-bond acceptors (Lipinski definition) is 1. The van der Waals surface area contributed by atoms with Gasteiger partial charge in [0.05, 0.1) is 0 Å². The van der Waals surface area contributed by atoms with E-state index in [0.29, 0.717) is 5.41 Å². The third-order valence-electron chi connectivity index (χ3n) is 3.71. The molecule has 0 aromatic rings. The van der Waals surface area contributed by atoms with Crippen molar-refractivity contribution >= 4 is 0 Å². The molecule has 0 aliphatic heterocycles. The number of nitrogens with one attached hydrogen (secondary N) is 1. The van der Waals surface area contributed by atoms with E-state index in [1.54, 1.807) is 0 Å². The first-order chi connectivity index (χ1) is 6.60. The quantitative estimate of drug-likeness (QED) is 0.657. The molecule has 1 N–H and O–H groups in total. The summed E-state index contributed by atoms with van der Waals surface area (Å²) in [7, 11) is 0. The Morgan fingerprint density at radius 2 is 2.00 bits per heavy atom. The molecular weight excluding hydrogens is 170 g/mol. The molecule has 0 bridgehead atoms. The van der Waals surface area contributed by atoms with Gasteiger partial charge in [0.1, 0.15) is 0 Å². The van der Waals surface area contributed by atoms with E-state index in [2.05, 4.69) is 33.0 Å². The first kappa shape index (κ1) is 12.0. The van der Waals surface area contributed by atoms with Crippen molar-refractivity contribution in [1.82, 2.24) is 5.32 Å². The van der Waals surface area contributed by atoms with E-state index in [0.717, 1.165) is 12.0 Å². The smallest absolute Gasteiger partial charge is 0.0125 e. The minimum Gasteiger partial charge on any atom is -0.313 e. The molecule has 1 heteroatoms. The summed E-state index contributed by atoms with van der Waals surface area (Å²) in [5.41, 5.74) is 0.586. The van der Waals surface area contributed by atoms with E-state index in [1.165, 1.54) is 38.6 Å². The minimum absolute atomic E-state index is 0.586. The van der Waals surface area contributed by atoms with E-state index in [9.17, 15) is 0 Å². The summed E-state index contributed by atoms with van der Waals surface area (Å²) in [6.45, 7) is 10.6. The van der Waals surface area contributed by atoms with E-state index in [4.69, 9.17) is 0 Å². The standard InChI is InChI=1S/C13H27N/c1-5-7-8-11(6-2)10-14-12-9-13(12,3)4/h11-12,14H,5-10H2,1-4H3. The molecule has 0 spiro atoms. The molecule has 1 aliphatic rings. The van der Waals surface area contributed by atoms with Gasteiger partial charge < -0.3 is 5.32 Å². The van der Waals surface area contributed by atoms with Crippen molar-refractivity contribution in [1.29, 1.82) is 0 Å². The van der Waals surface area contributed by atoms with Crippen molar-refractivity contribution in [2.45, 2.75) is 65.8 Å². The molecule has 14 heavy (non-hydrogen) atoms. The average Bonchev–Trinajstić information content (AvgIpc) is 2.75. The highest BCUT2D eigenvalue weighted by Crippen LogP contribution is 2.44. The van der Waals surface area contributed by atoms with Crippen LogP contribution in [0.5, 0.6) is 0 Å². The Balaban J connectivity index is 2.09. The monoisotopic (exact) mass is 197 g/mol. The van der Waals surface area contributed by atoms with Crippen molar-refractivity contribution in [2.75, 3.05) is 6.54 Å². The van der Waals surface area contributed by atoms with Gasteiger partial charge in [-0.1, -0.05) is 47.0 Å². The maximum Gasteiger partial charge on any atom is 0.0125 e. The number of hydrogen-bond donors (Lipinski definition) is 1. The molecule has 0 saturated heterocycles. The van der Waals surface area contributed by atoms with Crippen LogP contribution < -0.4 is 5.32 Å². The Morgan fingerprint density at radius 3 is 2.43 bits per heavy atom. The van der Waals surface area contributed by atoms with Crippen molar-refractivity contribution in [3.63, 3.8) is 0 Å². The maximum absolute atomic E-state index is 3.71. The van der Waals surface area contributed by atoms with Crippen LogP contribution in [0.1, 0.15) is 59.8 Å². The summed E-state index contributed by atoms with van der Waals surface area (Å²) in [6, 6.07) is 0.804. The molecule has 1 saturated carbocycles. The van der Waals surface area contributed by atoms with Crippen LogP contribution in [-0.4, -0.2) is 12.6 Å². The zero-order valence-corrected chi connectivity index (χ0v) is 10.4. The first-order valence-electron chi connectivity index (χ1n) is 6.33. The highest BCUT2D eigenvalue weighted by Gasteiger charge is 2.45. The number of rotatable bonds is 7. The summed E-state index contributed by atoms with van der Waals surface area (Å²) in [5, 5.41) is 3.71. The second-order valence-corrected chi connectivity index (χ2v) is 5.57. The second-order valence-electron chi connectivity index (χ2n) is 5.57. The Hall–Kier alpha value is -0.0400. The van der Waals surface area contributed by atoms with Crippen LogP contribution in [0.3, 0.4) is 0 Å². The van der Waals surface area contributed by atoms with Crippen LogP contribution in [-0.2, 0) is 0 Å². The van der Waals surface area contributed by atoms with E-state index < -0.39 is 0 Å². The molecule has 1 fully saturated rings. The predicted molar refractivity (Wildman–Crippen MR) is 63.5 cm³/mol. The Kier molecular flexibility index (Phi) is 4.43. The fourth-order valence-corrected chi connectivity index (χ4v) is 2.07. The van der Waals surface area contributed by atoms with Crippen LogP contribution >= 0.6 is 0 Å². The van der Waals surface area contributed by atoms with Gasteiger partial charge >= 0.3 is 0 Å². The lowest BCUT2D eigenvalue weighted by atomic mass is 9.99. The van der Waals surface area contributed by atoms with Gasteiger partial charge in [0.2, 0.25) is 0 Å². The zero-order chi connectivity index (χ0) is 10.6. The molecule has 0 amide bonds. The normalized spacial score (nSPS) is 26.1. The van der Waals surface area contributed by atoms with E-state index in [-0.39, 0.29) is 0 Å².